The molecule has 0 radical (unpaired) electrons. The number of benzene rings is 1. The van der Waals surface area contributed by atoms with Gasteiger partial charge in [-0.3, -0.25) is 0 Å². The number of hydrogen-bond donors (Lipinski definition) is 1. The largest absolute Gasteiger partial charge is 0.497 e. The molecule has 0 saturated carbocycles. The number of ether oxygens (including phenoxy) is 1. The minimum absolute atomic E-state index is 0.316. The van der Waals surface area contributed by atoms with Crippen molar-refractivity contribution in [2.45, 2.75) is 6.54 Å². The van der Waals surface area contributed by atoms with E-state index in [0.717, 1.165) is 15.9 Å². The molecule has 2 aromatic rings. The summed E-state index contributed by atoms with van der Waals surface area (Å²) >= 11 is 3.45. The monoisotopic (exact) mass is 306 g/mol. The third kappa shape index (κ3) is 2.84. The second-order valence-corrected chi connectivity index (χ2v) is 4.43. The normalized spacial score (nSPS) is 9.83. The molecular weight excluding hydrogens is 296 g/mol. The fourth-order valence-corrected chi connectivity index (χ4v) is 1.87. The first kappa shape index (κ1) is 12.5. The molecule has 0 aliphatic carbocycles. The van der Waals surface area contributed by atoms with E-state index in [0.29, 0.717) is 18.1 Å². The number of methoxy groups -OCH3 is 1. The average molecular weight is 307 g/mol. The Kier molecular flexibility index (Phi) is 3.90. The highest BCUT2D eigenvalue weighted by Gasteiger charge is 2.04. The summed E-state index contributed by atoms with van der Waals surface area (Å²) in [6, 6.07) is 11.0. The third-order valence-electron chi connectivity index (χ3n) is 2.40. The van der Waals surface area contributed by atoms with Crippen LogP contribution in [-0.2, 0) is 6.54 Å². The molecule has 0 amide bonds. The maximum absolute atomic E-state index is 8.66. The van der Waals surface area contributed by atoms with E-state index in [-0.39, 0.29) is 0 Å². The fourth-order valence-electron chi connectivity index (χ4n) is 1.48. The van der Waals surface area contributed by atoms with Crippen molar-refractivity contribution in [3.63, 3.8) is 0 Å². The van der Waals surface area contributed by atoms with E-state index in [1.54, 1.807) is 19.2 Å². The standard InChI is InChI=1S/C13H11BrN2O2/c1-17-9-4-5-12(14)13(6-9)16-8-11-3-2-10(7-15)18-11/h2-6,16H,8H2,1H3. The van der Waals surface area contributed by atoms with Crippen molar-refractivity contribution in [1.82, 2.24) is 0 Å². The van der Waals surface area contributed by atoms with Crippen LogP contribution >= 0.6 is 15.9 Å². The molecule has 5 heteroatoms. The van der Waals surface area contributed by atoms with Gasteiger partial charge in [0.2, 0.25) is 5.76 Å². The van der Waals surface area contributed by atoms with E-state index in [2.05, 4.69) is 21.2 Å². The second-order valence-electron chi connectivity index (χ2n) is 3.58. The van der Waals surface area contributed by atoms with Crippen molar-refractivity contribution in [3.05, 3.63) is 46.3 Å². The zero-order valence-electron chi connectivity index (χ0n) is 9.74. The van der Waals surface area contributed by atoms with Gasteiger partial charge >= 0.3 is 0 Å². The maximum atomic E-state index is 8.66. The first-order valence-electron chi connectivity index (χ1n) is 5.29. The van der Waals surface area contributed by atoms with Crippen molar-refractivity contribution in [2.75, 3.05) is 12.4 Å². The first-order chi connectivity index (χ1) is 8.72. The van der Waals surface area contributed by atoms with Gasteiger partial charge in [0.25, 0.3) is 0 Å². The zero-order chi connectivity index (χ0) is 13.0. The Morgan fingerprint density at radius 2 is 2.22 bits per heavy atom. The van der Waals surface area contributed by atoms with E-state index in [4.69, 9.17) is 14.4 Å². The number of nitriles is 1. The predicted molar refractivity (Wildman–Crippen MR) is 71.4 cm³/mol. The molecule has 0 saturated heterocycles. The fraction of sp³-hybridized carbons (Fsp3) is 0.154. The molecule has 0 atom stereocenters. The lowest BCUT2D eigenvalue weighted by Crippen LogP contribution is -1.99. The Morgan fingerprint density at radius 1 is 1.39 bits per heavy atom. The number of hydrogen-bond acceptors (Lipinski definition) is 4. The molecule has 0 unspecified atom stereocenters. The van der Waals surface area contributed by atoms with Crippen LogP contribution in [0.4, 0.5) is 5.69 Å². The van der Waals surface area contributed by atoms with Gasteiger partial charge in [0, 0.05) is 10.5 Å². The van der Waals surface area contributed by atoms with Crippen LogP contribution in [0, 0.1) is 11.3 Å². The van der Waals surface area contributed by atoms with Gasteiger partial charge in [-0.1, -0.05) is 0 Å². The number of nitrogens with zero attached hydrogens (tertiary/aromatic N) is 1. The minimum atomic E-state index is 0.316. The molecule has 1 aromatic carbocycles. The van der Waals surface area contributed by atoms with Gasteiger partial charge in [-0.25, -0.2) is 0 Å². The third-order valence-corrected chi connectivity index (χ3v) is 3.09. The van der Waals surface area contributed by atoms with E-state index >= 15 is 0 Å². The summed E-state index contributed by atoms with van der Waals surface area (Å²) in [4.78, 5) is 0. The highest BCUT2D eigenvalue weighted by molar-refractivity contribution is 9.10. The van der Waals surface area contributed by atoms with Crippen LogP contribution in [0.25, 0.3) is 0 Å². The highest BCUT2D eigenvalue weighted by atomic mass is 79.9. The van der Waals surface area contributed by atoms with Gasteiger partial charge in [-0.2, -0.15) is 5.26 Å². The molecule has 0 spiro atoms. The zero-order valence-corrected chi connectivity index (χ0v) is 11.3. The van der Waals surface area contributed by atoms with Gasteiger partial charge in [-0.05, 0) is 40.2 Å². The lowest BCUT2D eigenvalue weighted by atomic mass is 10.3. The molecular formula is C13H11BrN2O2. The van der Waals surface area contributed by atoms with Crippen molar-refractivity contribution in [2.24, 2.45) is 0 Å². The molecule has 1 heterocycles. The van der Waals surface area contributed by atoms with E-state index in [9.17, 15) is 0 Å². The topological polar surface area (TPSA) is 58.2 Å². The van der Waals surface area contributed by atoms with Gasteiger partial charge in [-0.15, -0.1) is 0 Å². The number of furan rings is 1. The number of nitrogens with one attached hydrogen (secondary N) is 1. The molecule has 18 heavy (non-hydrogen) atoms. The molecule has 4 nitrogen and oxygen atoms in total. The lowest BCUT2D eigenvalue weighted by Gasteiger charge is -2.09. The molecule has 0 aliphatic rings. The van der Waals surface area contributed by atoms with Crippen molar-refractivity contribution in [1.29, 1.82) is 5.26 Å². The van der Waals surface area contributed by atoms with Crippen molar-refractivity contribution in [3.8, 4) is 11.8 Å². The maximum Gasteiger partial charge on any atom is 0.203 e. The van der Waals surface area contributed by atoms with Crippen LogP contribution in [0.1, 0.15) is 11.5 Å². The average Bonchev–Trinajstić information content (AvgIpc) is 2.86. The lowest BCUT2D eigenvalue weighted by molar-refractivity contribution is 0.415. The summed E-state index contributed by atoms with van der Waals surface area (Å²) in [7, 11) is 1.62. The summed E-state index contributed by atoms with van der Waals surface area (Å²) in [5, 5.41) is 11.9. The van der Waals surface area contributed by atoms with Gasteiger partial charge in [0.05, 0.1) is 19.3 Å². The van der Waals surface area contributed by atoms with E-state index in [1.807, 2.05) is 24.3 Å². The predicted octanol–water partition coefficient (Wildman–Crippen LogP) is 3.53. The number of rotatable bonds is 4. The molecule has 0 bridgehead atoms. The van der Waals surface area contributed by atoms with Gasteiger partial charge in [0.1, 0.15) is 17.6 Å². The molecule has 2 rings (SSSR count). The Balaban J connectivity index is 2.08. The highest BCUT2D eigenvalue weighted by Crippen LogP contribution is 2.27. The van der Waals surface area contributed by atoms with Crippen LogP contribution < -0.4 is 10.1 Å². The Bertz CT molecular complexity index is 587. The van der Waals surface area contributed by atoms with Crippen molar-refractivity contribution < 1.29 is 9.15 Å². The van der Waals surface area contributed by atoms with Crippen LogP contribution in [0.15, 0.2) is 39.2 Å². The number of halogens is 1. The SMILES string of the molecule is COc1ccc(Br)c(NCc2ccc(C#N)o2)c1. The smallest absolute Gasteiger partial charge is 0.203 e. The summed E-state index contributed by atoms with van der Waals surface area (Å²) in [6.07, 6.45) is 0. The van der Waals surface area contributed by atoms with Crippen molar-refractivity contribution >= 4 is 21.6 Å². The Morgan fingerprint density at radius 3 is 2.89 bits per heavy atom. The van der Waals surface area contributed by atoms with E-state index < -0.39 is 0 Å². The molecule has 1 aromatic heterocycles. The quantitative estimate of drug-likeness (QED) is 0.938. The van der Waals surface area contributed by atoms with Crippen LogP contribution in [0.5, 0.6) is 5.75 Å². The Hall–Kier alpha value is -1.93. The Labute approximate surface area is 113 Å². The molecule has 0 fully saturated rings. The van der Waals surface area contributed by atoms with Crippen LogP contribution in [0.3, 0.4) is 0 Å². The minimum Gasteiger partial charge on any atom is -0.497 e. The first-order valence-corrected chi connectivity index (χ1v) is 6.08. The van der Waals surface area contributed by atoms with Crippen LogP contribution in [0.2, 0.25) is 0 Å². The molecule has 92 valence electrons. The molecule has 0 aliphatic heterocycles. The summed E-state index contributed by atoms with van der Waals surface area (Å²) in [5.41, 5.74) is 0.907. The van der Waals surface area contributed by atoms with Crippen LogP contribution in [-0.4, -0.2) is 7.11 Å². The summed E-state index contributed by atoms with van der Waals surface area (Å²) in [6.45, 7) is 0.507. The number of anilines is 1. The second kappa shape index (κ2) is 5.61. The van der Waals surface area contributed by atoms with Gasteiger partial charge in [0.15, 0.2) is 0 Å². The summed E-state index contributed by atoms with van der Waals surface area (Å²) < 4.78 is 11.4. The molecule has 1 N–H and O–H groups in total. The summed E-state index contributed by atoms with van der Waals surface area (Å²) in [5.74, 6) is 1.80. The van der Waals surface area contributed by atoms with E-state index in [1.165, 1.54) is 0 Å². The van der Waals surface area contributed by atoms with Gasteiger partial charge < -0.3 is 14.5 Å².